The monoisotopic (exact) mass is 399 g/mol. The number of nitrogens with one attached hydrogen (secondary N) is 3. The van der Waals surface area contributed by atoms with Gasteiger partial charge in [-0.3, -0.25) is 9.59 Å². The molecule has 0 aliphatic heterocycles. The first-order valence-electron chi connectivity index (χ1n) is 8.87. The molecule has 7 nitrogen and oxygen atoms in total. The minimum absolute atomic E-state index is 0.0324. The molecule has 4 N–H and O–H groups in total. The van der Waals surface area contributed by atoms with Gasteiger partial charge < -0.3 is 21.1 Å². The highest BCUT2D eigenvalue weighted by molar-refractivity contribution is 7.99. The first kappa shape index (κ1) is 19.8. The summed E-state index contributed by atoms with van der Waals surface area (Å²) in [5.74, 6) is -0.564. The number of aliphatic carboxylic acids is 1. The van der Waals surface area contributed by atoms with E-state index in [2.05, 4.69) is 16.0 Å². The van der Waals surface area contributed by atoms with E-state index >= 15 is 0 Å². The Morgan fingerprint density at radius 2 is 1.71 bits per heavy atom. The Balaban J connectivity index is 1.58. The van der Waals surface area contributed by atoms with Crippen LogP contribution in [0, 0.1) is 0 Å². The average molecular weight is 399 g/mol. The van der Waals surface area contributed by atoms with Gasteiger partial charge in [-0.2, -0.15) is 0 Å². The summed E-state index contributed by atoms with van der Waals surface area (Å²) in [5, 5.41) is 17.1. The maximum Gasteiger partial charge on any atom is 0.319 e. The Labute approximate surface area is 166 Å². The van der Waals surface area contributed by atoms with Gasteiger partial charge in [-0.05, 0) is 48.7 Å². The smallest absolute Gasteiger partial charge is 0.319 e. The molecule has 2 aromatic rings. The van der Waals surface area contributed by atoms with E-state index in [1.54, 1.807) is 30.3 Å². The molecule has 146 valence electrons. The van der Waals surface area contributed by atoms with Crippen molar-refractivity contribution in [2.24, 2.45) is 0 Å². The number of rotatable bonds is 8. The number of anilines is 2. The number of benzene rings is 2. The maximum atomic E-state index is 12.5. The van der Waals surface area contributed by atoms with E-state index in [-0.39, 0.29) is 23.7 Å². The zero-order chi connectivity index (χ0) is 19.9. The fourth-order valence-electron chi connectivity index (χ4n) is 2.52. The molecule has 0 saturated heterocycles. The summed E-state index contributed by atoms with van der Waals surface area (Å²) in [6.07, 6.45) is 2.01. The minimum Gasteiger partial charge on any atom is -0.481 e. The summed E-state index contributed by atoms with van der Waals surface area (Å²) in [5.41, 5.74) is 2.53. The molecule has 0 heterocycles. The van der Waals surface area contributed by atoms with Gasteiger partial charge in [0.1, 0.15) is 0 Å². The lowest BCUT2D eigenvalue weighted by Gasteiger charge is -2.10. The van der Waals surface area contributed by atoms with E-state index in [4.69, 9.17) is 5.11 Å². The van der Waals surface area contributed by atoms with E-state index < -0.39 is 5.97 Å². The van der Waals surface area contributed by atoms with Crippen molar-refractivity contribution in [3.8, 4) is 0 Å². The van der Waals surface area contributed by atoms with Gasteiger partial charge in [0, 0.05) is 28.7 Å². The zero-order valence-corrected chi connectivity index (χ0v) is 15.9. The van der Waals surface area contributed by atoms with Crippen molar-refractivity contribution in [2.75, 3.05) is 16.4 Å². The lowest BCUT2D eigenvalue weighted by molar-refractivity contribution is -0.133. The quantitative estimate of drug-likeness (QED) is 0.543. The van der Waals surface area contributed by atoms with Crippen LogP contribution >= 0.6 is 11.8 Å². The van der Waals surface area contributed by atoms with Crippen LogP contribution in [0.2, 0.25) is 0 Å². The van der Waals surface area contributed by atoms with Gasteiger partial charge in [0.25, 0.3) is 5.91 Å². The van der Waals surface area contributed by atoms with Crippen molar-refractivity contribution < 1.29 is 19.5 Å². The van der Waals surface area contributed by atoms with Crippen molar-refractivity contribution in [1.29, 1.82) is 0 Å². The van der Waals surface area contributed by atoms with E-state index in [0.29, 0.717) is 22.7 Å². The number of carboxylic acid groups (broad SMARTS) is 1. The van der Waals surface area contributed by atoms with Crippen LogP contribution in [0.1, 0.15) is 28.8 Å². The molecule has 0 aromatic heterocycles. The second-order valence-electron chi connectivity index (χ2n) is 6.49. The Bertz CT molecular complexity index is 883. The van der Waals surface area contributed by atoms with Crippen molar-refractivity contribution in [2.45, 2.75) is 24.6 Å². The molecule has 1 fully saturated rings. The van der Waals surface area contributed by atoms with Gasteiger partial charge in [0.05, 0.1) is 5.75 Å². The highest BCUT2D eigenvalue weighted by Crippen LogP contribution is 2.20. The topological polar surface area (TPSA) is 108 Å². The molecule has 1 aliphatic rings. The molecule has 1 saturated carbocycles. The Morgan fingerprint density at radius 1 is 1.00 bits per heavy atom. The van der Waals surface area contributed by atoms with Crippen molar-refractivity contribution in [1.82, 2.24) is 5.32 Å². The van der Waals surface area contributed by atoms with E-state index in [9.17, 15) is 14.4 Å². The predicted octanol–water partition coefficient (Wildman–Crippen LogP) is 3.54. The summed E-state index contributed by atoms with van der Waals surface area (Å²) in [6.45, 7) is 0. The summed E-state index contributed by atoms with van der Waals surface area (Å²) in [7, 11) is 0. The third-order valence-corrected chi connectivity index (χ3v) is 4.96. The number of urea groups is 1. The highest BCUT2D eigenvalue weighted by atomic mass is 32.2. The summed E-state index contributed by atoms with van der Waals surface area (Å²) in [4.78, 5) is 35.0. The van der Waals surface area contributed by atoms with Gasteiger partial charge >= 0.3 is 12.0 Å². The molecule has 0 radical (unpaired) electrons. The Kier molecular flexibility index (Phi) is 6.54. The molecule has 1 aliphatic carbocycles. The maximum absolute atomic E-state index is 12.5. The lowest BCUT2D eigenvalue weighted by Crippen LogP contribution is -2.30. The van der Waals surface area contributed by atoms with E-state index in [1.165, 1.54) is 11.8 Å². The van der Waals surface area contributed by atoms with Crippen LogP contribution in [0.25, 0.3) is 0 Å². The fourth-order valence-corrected chi connectivity index (χ4v) is 3.21. The highest BCUT2D eigenvalue weighted by Gasteiger charge is 2.23. The number of hydrogen-bond donors (Lipinski definition) is 4. The molecule has 0 atom stereocenters. The second-order valence-corrected chi connectivity index (χ2v) is 7.48. The Morgan fingerprint density at radius 3 is 2.43 bits per heavy atom. The predicted molar refractivity (Wildman–Crippen MR) is 110 cm³/mol. The number of carbonyl (C=O) groups is 3. The van der Waals surface area contributed by atoms with Gasteiger partial charge in [-0.25, -0.2) is 4.79 Å². The molecular formula is C20H21N3O4S. The number of carbonyl (C=O) groups excluding carboxylic acids is 2. The zero-order valence-electron chi connectivity index (χ0n) is 15.1. The number of thioether (sulfide) groups is 1. The van der Waals surface area contributed by atoms with Crippen LogP contribution < -0.4 is 16.0 Å². The number of amides is 3. The van der Waals surface area contributed by atoms with E-state index in [0.717, 1.165) is 18.4 Å². The average Bonchev–Trinajstić information content (AvgIpc) is 3.46. The molecule has 28 heavy (non-hydrogen) atoms. The van der Waals surface area contributed by atoms with E-state index in [1.807, 2.05) is 18.2 Å². The van der Waals surface area contributed by atoms with Gasteiger partial charge in [0.15, 0.2) is 0 Å². The number of carboxylic acids is 1. The van der Waals surface area contributed by atoms with Crippen LogP contribution in [-0.4, -0.2) is 34.8 Å². The number of hydrogen-bond acceptors (Lipinski definition) is 4. The molecule has 8 heteroatoms. The molecule has 3 rings (SSSR count). The molecule has 2 aromatic carbocycles. The molecule has 0 bridgehead atoms. The van der Waals surface area contributed by atoms with Gasteiger partial charge in [-0.15, -0.1) is 11.8 Å². The second kappa shape index (κ2) is 9.27. The first-order chi connectivity index (χ1) is 13.5. The Hall–Kier alpha value is -3.00. The van der Waals surface area contributed by atoms with Crippen LogP contribution in [0.15, 0.2) is 48.5 Å². The summed E-state index contributed by atoms with van der Waals surface area (Å²) in [6, 6.07) is 14.0. The lowest BCUT2D eigenvalue weighted by atomic mass is 10.1. The van der Waals surface area contributed by atoms with Crippen LogP contribution in [0.4, 0.5) is 16.2 Å². The van der Waals surface area contributed by atoms with Crippen LogP contribution in [0.3, 0.4) is 0 Å². The standard InChI is InChI=1S/C20H21N3O4S/c24-18(25)12-28-11-13-3-1-5-16(9-13)21-19(26)14-4-2-6-17(10-14)23-20(27)22-15-7-8-15/h1-6,9-10,15H,7-8,11-12H2,(H,21,26)(H,24,25)(H2,22,23,27). The molecule has 3 amide bonds. The summed E-state index contributed by atoms with van der Waals surface area (Å²) >= 11 is 1.30. The fraction of sp³-hybridized carbons (Fsp3) is 0.250. The normalized spacial score (nSPS) is 12.9. The van der Waals surface area contributed by atoms with Crippen molar-refractivity contribution in [3.63, 3.8) is 0 Å². The first-order valence-corrected chi connectivity index (χ1v) is 10.0. The third-order valence-electron chi connectivity index (χ3n) is 3.97. The van der Waals surface area contributed by atoms with Gasteiger partial charge in [-0.1, -0.05) is 18.2 Å². The van der Waals surface area contributed by atoms with Crippen molar-refractivity contribution in [3.05, 3.63) is 59.7 Å². The third kappa shape index (κ3) is 6.31. The van der Waals surface area contributed by atoms with Gasteiger partial charge in [0.2, 0.25) is 0 Å². The van der Waals surface area contributed by atoms with Crippen LogP contribution in [-0.2, 0) is 10.5 Å². The van der Waals surface area contributed by atoms with Crippen molar-refractivity contribution >= 4 is 41.0 Å². The molecular weight excluding hydrogens is 378 g/mol. The summed E-state index contributed by atoms with van der Waals surface area (Å²) < 4.78 is 0. The minimum atomic E-state index is -0.853. The molecule has 0 unspecified atom stereocenters. The van der Waals surface area contributed by atoms with Crippen LogP contribution in [0.5, 0.6) is 0 Å². The largest absolute Gasteiger partial charge is 0.481 e. The molecule has 0 spiro atoms. The SMILES string of the molecule is O=C(O)CSCc1cccc(NC(=O)c2cccc(NC(=O)NC3CC3)c2)c1.